The number of amides is 2. The van der Waals surface area contributed by atoms with Gasteiger partial charge in [-0.1, -0.05) is 0 Å². The summed E-state index contributed by atoms with van der Waals surface area (Å²) in [5, 5.41) is 4.90. The Morgan fingerprint density at radius 3 is 2.52 bits per heavy atom. The van der Waals surface area contributed by atoms with E-state index >= 15 is 0 Å². The Bertz CT molecular complexity index is 848. The van der Waals surface area contributed by atoms with E-state index in [2.05, 4.69) is 15.6 Å². The maximum absolute atomic E-state index is 13.1. The summed E-state index contributed by atoms with van der Waals surface area (Å²) >= 11 is 0. The second-order valence-electron chi connectivity index (χ2n) is 7.28. The van der Waals surface area contributed by atoms with Gasteiger partial charge in [0.1, 0.15) is 11.4 Å². The van der Waals surface area contributed by atoms with E-state index in [1.165, 1.54) is 0 Å². The summed E-state index contributed by atoms with van der Waals surface area (Å²) < 4.78 is 50.0. The summed E-state index contributed by atoms with van der Waals surface area (Å²) in [5.41, 5.74) is 3.23. The molecule has 1 heterocycles. The zero-order valence-corrected chi connectivity index (χ0v) is 18.4. The summed E-state index contributed by atoms with van der Waals surface area (Å²) in [5.74, 6) is -0.806. The van der Waals surface area contributed by atoms with E-state index in [1.807, 2.05) is 6.92 Å². The number of ether oxygens (including phenoxy) is 2. The van der Waals surface area contributed by atoms with Crippen LogP contribution in [0.4, 0.5) is 13.2 Å². The van der Waals surface area contributed by atoms with Crippen LogP contribution in [0.5, 0.6) is 5.75 Å². The Kier molecular flexibility index (Phi) is 10.2. The summed E-state index contributed by atoms with van der Waals surface area (Å²) in [7, 11) is 0. The normalized spacial score (nSPS) is 17.4. The number of nitrogens with one attached hydrogen (secondary N) is 2. The molecule has 1 aromatic carbocycles. The molecule has 33 heavy (non-hydrogen) atoms. The van der Waals surface area contributed by atoms with Gasteiger partial charge >= 0.3 is 6.18 Å². The molecule has 1 aromatic rings. The number of benzene rings is 1. The third kappa shape index (κ3) is 8.76. The van der Waals surface area contributed by atoms with E-state index in [9.17, 15) is 22.8 Å². The zero-order valence-electron chi connectivity index (χ0n) is 18.4. The van der Waals surface area contributed by atoms with E-state index in [0.29, 0.717) is 24.5 Å². The van der Waals surface area contributed by atoms with Crippen LogP contribution in [0, 0.1) is 0 Å². The van der Waals surface area contributed by atoms with Crippen LogP contribution in [0.1, 0.15) is 36.5 Å². The molecule has 0 radical (unpaired) electrons. The molecule has 1 fully saturated rings. The van der Waals surface area contributed by atoms with Gasteiger partial charge in [0.2, 0.25) is 0 Å². The monoisotopic (exact) mass is 470 g/mol. The first-order chi connectivity index (χ1) is 15.7. The van der Waals surface area contributed by atoms with Crippen molar-refractivity contribution in [3.8, 4) is 5.75 Å². The molecule has 0 bridgehead atoms. The number of rotatable bonds is 10. The minimum absolute atomic E-state index is 0.00401. The molecule has 1 saturated heterocycles. The second-order valence-corrected chi connectivity index (χ2v) is 7.28. The maximum Gasteiger partial charge on any atom is 0.431 e. The van der Waals surface area contributed by atoms with Crippen molar-refractivity contribution in [2.45, 2.75) is 38.5 Å². The standard InChI is InChI=1S/C22H29F3N4O4/c1-2-32-16-8-6-15(7-9-16)20(30)28-10-11-29-21(31)18(19(26)22(23,24)25)14-27-13-17-5-3-4-12-33-17/h6-9,14,17H,2-5,10-13,26H2,1H3,(H,28,30)(H,29,31). The van der Waals surface area contributed by atoms with Crippen molar-refractivity contribution in [1.82, 2.24) is 10.6 Å². The minimum Gasteiger partial charge on any atom is -0.494 e. The van der Waals surface area contributed by atoms with Crippen molar-refractivity contribution in [1.29, 1.82) is 0 Å². The third-order valence-corrected chi connectivity index (χ3v) is 4.77. The smallest absolute Gasteiger partial charge is 0.431 e. The van der Waals surface area contributed by atoms with Crippen LogP contribution in [0.15, 0.2) is 40.5 Å². The lowest BCUT2D eigenvalue weighted by atomic mass is 10.1. The fourth-order valence-electron chi connectivity index (χ4n) is 3.03. The maximum atomic E-state index is 13.1. The molecule has 182 valence electrons. The number of aliphatic imine (C=N–C) groups is 1. The Balaban J connectivity index is 1.89. The minimum atomic E-state index is -4.89. The van der Waals surface area contributed by atoms with E-state index in [0.717, 1.165) is 25.5 Å². The summed E-state index contributed by atoms with van der Waals surface area (Å²) in [6.07, 6.45) is -1.60. The summed E-state index contributed by atoms with van der Waals surface area (Å²) in [6.45, 7) is 2.96. The van der Waals surface area contributed by atoms with Gasteiger partial charge < -0.3 is 25.8 Å². The lowest BCUT2D eigenvalue weighted by Gasteiger charge is -2.20. The van der Waals surface area contributed by atoms with Gasteiger partial charge in [0.15, 0.2) is 0 Å². The number of carbonyl (C=O) groups excluding carboxylic acids is 2. The van der Waals surface area contributed by atoms with Gasteiger partial charge in [-0.3, -0.25) is 14.6 Å². The quantitative estimate of drug-likeness (QED) is 0.276. The highest BCUT2D eigenvalue weighted by atomic mass is 19.4. The van der Waals surface area contributed by atoms with Crippen LogP contribution in [-0.2, 0) is 9.53 Å². The molecule has 0 aliphatic carbocycles. The highest BCUT2D eigenvalue weighted by molar-refractivity contribution is 6.13. The summed E-state index contributed by atoms with van der Waals surface area (Å²) in [6, 6.07) is 6.45. The van der Waals surface area contributed by atoms with Gasteiger partial charge in [-0.05, 0) is 50.5 Å². The number of allylic oxidation sites excluding steroid dienone is 1. The number of nitrogens with zero attached hydrogens (tertiary/aromatic N) is 1. The highest BCUT2D eigenvalue weighted by Crippen LogP contribution is 2.24. The van der Waals surface area contributed by atoms with E-state index in [4.69, 9.17) is 15.2 Å². The Labute approximate surface area is 190 Å². The number of carbonyl (C=O) groups is 2. The Hall–Kier alpha value is -3.08. The number of alkyl halides is 3. The fourth-order valence-corrected chi connectivity index (χ4v) is 3.03. The first-order valence-electron chi connectivity index (χ1n) is 10.7. The molecule has 2 rings (SSSR count). The number of halogens is 3. The third-order valence-electron chi connectivity index (χ3n) is 4.77. The van der Waals surface area contributed by atoms with Crippen molar-refractivity contribution in [2.24, 2.45) is 10.7 Å². The lowest BCUT2D eigenvalue weighted by Crippen LogP contribution is -2.37. The lowest BCUT2D eigenvalue weighted by molar-refractivity contribution is -0.118. The second kappa shape index (κ2) is 12.8. The van der Waals surface area contributed by atoms with Crippen molar-refractivity contribution in [2.75, 3.05) is 32.8 Å². The van der Waals surface area contributed by atoms with Crippen LogP contribution >= 0.6 is 0 Å². The average Bonchev–Trinajstić information content (AvgIpc) is 2.79. The van der Waals surface area contributed by atoms with E-state index < -0.39 is 29.3 Å². The van der Waals surface area contributed by atoms with Gasteiger partial charge in [0, 0.05) is 31.5 Å². The Morgan fingerprint density at radius 1 is 1.21 bits per heavy atom. The first-order valence-corrected chi connectivity index (χ1v) is 10.7. The molecule has 1 atom stereocenters. The van der Waals surface area contributed by atoms with E-state index in [-0.39, 0.29) is 25.7 Å². The molecule has 4 N–H and O–H groups in total. The largest absolute Gasteiger partial charge is 0.494 e. The molecule has 1 unspecified atom stereocenters. The topological polar surface area (TPSA) is 115 Å². The van der Waals surface area contributed by atoms with Crippen molar-refractivity contribution >= 4 is 18.0 Å². The fraction of sp³-hybridized carbons (Fsp3) is 0.500. The molecule has 8 nitrogen and oxygen atoms in total. The van der Waals surface area contributed by atoms with Crippen LogP contribution < -0.4 is 21.1 Å². The molecular weight excluding hydrogens is 441 g/mol. The number of nitrogens with two attached hydrogens (primary N) is 1. The Morgan fingerprint density at radius 2 is 1.91 bits per heavy atom. The van der Waals surface area contributed by atoms with Crippen LogP contribution in [-0.4, -0.2) is 63.2 Å². The molecule has 2 amide bonds. The predicted octanol–water partition coefficient (Wildman–Crippen LogP) is 2.35. The van der Waals surface area contributed by atoms with Gasteiger partial charge in [0.25, 0.3) is 11.8 Å². The number of hydrogen-bond acceptors (Lipinski definition) is 6. The molecule has 0 spiro atoms. The zero-order chi connectivity index (χ0) is 24.3. The first kappa shape index (κ1) is 26.2. The molecular formula is C22H29F3N4O4. The van der Waals surface area contributed by atoms with Crippen molar-refractivity contribution in [3.05, 3.63) is 41.1 Å². The molecule has 0 aromatic heterocycles. The van der Waals surface area contributed by atoms with Crippen LogP contribution in [0.2, 0.25) is 0 Å². The van der Waals surface area contributed by atoms with Crippen molar-refractivity contribution in [3.63, 3.8) is 0 Å². The number of hydrogen-bond donors (Lipinski definition) is 3. The van der Waals surface area contributed by atoms with Gasteiger partial charge in [-0.2, -0.15) is 13.2 Å². The SMILES string of the molecule is CCOc1ccc(C(=O)NCCNC(=O)C(C=NCC2CCCCO2)=C(N)C(F)(F)F)cc1. The van der Waals surface area contributed by atoms with Gasteiger partial charge in [-0.15, -0.1) is 0 Å². The van der Waals surface area contributed by atoms with Gasteiger partial charge in [-0.25, -0.2) is 0 Å². The predicted molar refractivity (Wildman–Crippen MR) is 117 cm³/mol. The molecule has 11 heteroatoms. The van der Waals surface area contributed by atoms with Crippen LogP contribution in [0.25, 0.3) is 0 Å². The van der Waals surface area contributed by atoms with Crippen LogP contribution in [0.3, 0.4) is 0 Å². The average molecular weight is 470 g/mol. The van der Waals surface area contributed by atoms with Crippen molar-refractivity contribution < 1.29 is 32.2 Å². The molecule has 1 aliphatic heterocycles. The van der Waals surface area contributed by atoms with E-state index in [1.54, 1.807) is 24.3 Å². The molecule has 1 aliphatic rings. The van der Waals surface area contributed by atoms with Gasteiger partial charge in [0.05, 0.1) is 24.8 Å². The molecule has 0 saturated carbocycles. The highest BCUT2D eigenvalue weighted by Gasteiger charge is 2.35. The summed E-state index contributed by atoms with van der Waals surface area (Å²) in [4.78, 5) is 28.4.